The Kier molecular flexibility index (Phi) is 17.9. The fraction of sp³-hybridized carbons (Fsp3) is 0.864. The average molecular weight is 338 g/mol. The molecule has 1 unspecified atom stereocenters. The Morgan fingerprint density at radius 1 is 0.750 bits per heavy atom. The van der Waals surface area contributed by atoms with E-state index in [4.69, 9.17) is 5.73 Å². The molecule has 0 spiro atoms. The van der Waals surface area contributed by atoms with Gasteiger partial charge in [0.05, 0.1) is 0 Å². The Balaban J connectivity index is 3.22. The highest BCUT2D eigenvalue weighted by atomic mass is 16.1. The Bertz CT molecular complexity index is 298. The van der Waals surface area contributed by atoms with Gasteiger partial charge in [-0.3, -0.25) is 4.79 Å². The van der Waals surface area contributed by atoms with Gasteiger partial charge in [-0.25, -0.2) is 0 Å². The van der Waals surface area contributed by atoms with E-state index in [2.05, 4.69) is 26.0 Å². The molecule has 0 aliphatic carbocycles. The van der Waals surface area contributed by atoms with Crippen LogP contribution in [0.15, 0.2) is 12.2 Å². The maximum Gasteiger partial charge on any atom is 0.220 e. The lowest BCUT2D eigenvalue weighted by molar-refractivity contribution is -0.122. The molecule has 0 aliphatic heterocycles. The molecule has 1 amide bonds. The molecule has 0 aromatic carbocycles. The maximum atomic E-state index is 11.1. The zero-order chi connectivity index (χ0) is 17.9. The largest absolute Gasteiger partial charge is 0.369 e. The molecule has 142 valence electrons. The Morgan fingerprint density at radius 2 is 1.21 bits per heavy atom. The molecule has 2 heteroatoms. The molecule has 0 radical (unpaired) electrons. The molecule has 2 nitrogen and oxygen atoms in total. The SMILES string of the molecule is CCCCCCCC/C=C\CCCCCCCCC(CC)C(N)=O. The molecule has 0 rings (SSSR count). The van der Waals surface area contributed by atoms with Gasteiger partial charge in [0.25, 0.3) is 0 Å². The Labute approximate surface area is 151 Å². The number of rotatable bonds is 18. The molecule has 1 atom stereocenters. The van der Waals surface area contributed by atoms with Crippen LogP contribution in [0.4, 0.5) is 0 Å². The number of carbonyl (C=O) groups excluding carboxylic acids is 1. The van der Waals surface area contributed by atoms with E-state index in [1.54, 1.807) is 0 Å². The molecule has 0 bridgehead atoms. The number of carbonyl (C=O) groups is 1. The third kappa shape index (κ3) is 16.1. The second-order valence-electron chi connectivity index (χ2n) is 7.23. The second kappa shape index (κ2) is 18.5. The van der Waals surface area contributed by atoms with E-state index in [1.807, 2.05) is 0 Å². The normalized spacial score (nSPS) is 12.8. The summed E-state index contributed by atoms with van der Waals surface area (Å²) in [6.07, 6.45) is 25.2. The number of nitrogens with two attached hydrogens (primary N) is 1. The van der Waals surface area contributed by atoms with Gasteiger partial charge in [0, 0.05) is 5.92 Å². The van der Waals surface area contributed by atoms with Gasteiger partial charge in [0.2, 0.25) is 5.91 Å². The smallest absolute Gasteiger partial charge is 0.220 e. The van der Waals surface area contributed by atoms with Crippen molar-refractivity contribution in [2.75, 3.05) is 0 Å². The summed E-state index contributed by atoms with van der Waals surface area (Å²) in [4.78, 5) is 11.1. The van der Waals surface area contributed by atoms with Crippen molar-refractivity contribution < 1.29 is 4.79 Å². The van der Waals surface area contributed by atoms with Crippen molar-refractivity contribution in [1.29, 1.82) is 0 Å². The average Bonchev–Trinajstić information content (AvgIpc) is 2.57. The topological polar surface area (TPSA) is 43.1 Å². The zero-order valence-corrected chi connectivity index (χ0v) is 16.5. The third-order valence-corrected chi connectivity index (χ3v) is 4.96. The van der Waals surface area contributed by atoms with Crippen LogP contribution in [0.25, 0.3) is 0 Å². The molecule has 0 saturated heterocycles. The summed E-state index contributed by atoms with van der Waals surface area (Å²) >= 11 is 0. The van der Waals surface area contributed by atoms with E-state index in [9.17, 15) is 4.79 Å². The molecule has 0 saturated carbocycles. The van der Waals surface area contributed by atoms with E-state index >= 15 is 0 Å². The van der Waals surface area contributed by atoms with E-state index in [1.165, 1.54) is 83.5 Å². The zero-order valence-electron chi connectivity index (χ0n) is 16.5. The van der Waals surface area contributed by atoms with Gasteiger partial charge >= 0.3 is 0 Å². The fourth-order valence-corrected chi connectivity index (χ4v) is 3.19. The minimum Gasteiger partial charge on any atom is -0.369 e. The first kappa shape index (κ1) is 23.2. The summed E-state index contributed by atoms with van der Waals surface area (Å²) in [6.45, 7) is 4.32. The lowest BCUT2D eigenvalue weighted by Gasteiger charge is -2.09. The molecule has 0 heterocycles. The van der Waals surface area contributed by atoms with Crippen LogP contribution in [0.3, 0.4) is 0 Å². The molecule has 2 N–H and O–H groups in total. The number of allylic oxidation sites excluding steroid dienone is 2. The highest BCUT2D eigenvalue weighted by Gasteiger charge is 2.11. The minimum atomic E-state index is -0.120. The lowest BCUT2D eigenvalue weighted by atomic mass is 9.97. The van der Waals surface area contributed by atoms with E-state index < -0.39 is 0 Å². The van der Waals surface area contributed by atoms with Crippen LogP contribution < -0.4 is 5.73 Å². The van der Waals surface area contributed by atoms with Crippen molar-refractivity contribution in [3.05, 3.63) is 12.2 Å². The standard InChI is InChI=1S/C22H43NO/c1-3-5-6-7-8-9-10-11-12-13-14-15-16-17-18-19-20-21(4-2)22(23)24/h11-12,21H,3-10,13-20H2,1-2H3,(H2,23,24)/b12-11-. The number of unbranched alkanes of at least 4 members (excludes halogenated alkanes) is 12. The molecule has 0 aromatic heterocycles. The minimum absolute atomic E-state index is 0.0989. The first-order chi connectivity index (χ1) is 11.7. The maximum absolute atomic E-state index is 11.1. The Morgan fingerprint density at radius 3 is 1.67 bits per heavy atom. The quantitative estimate of drug-likeness (QED) is 0.214. The van der Waals surface area contributed by atoms with Crippen LogP contribution in [-0.4, -0.2) is 5.91 Å². The van der Waals surface area contributed by atoms with Crippen LogP contribution in [-0.2, 0) is 4.79 Å². The summed E-state index contributed by atoms with van der Waals surface area (Å²) in [5, 5.41) is 0. The van der Waals surface area contributed by atoms with Gasteiger partial charge in [-0.05, 0) is 38.5 Å². The number of hydrogen-bond donors (Lipinski definition) is 1. The van der Waals surface area contributed by atoms with Crippen LogP contribution >= 0.6 is 0 Å². The van der Waals surface area contributed by atoms with Gasteiger partial charge in [0.15, 0.2) is 0 Å². The highest BCUT2D eigenvalue weighted by molar-refractivity contribution is 5.76. The summed E-state index contributed by atoms with van der Waals surface area (Å²) in [7, 11) is 0. The summed E-state index contributed by atoms with van der Waals surface area (Å²) in [5.74, 6) is -0.0213. The van der Waals surface area contributed by atoms with Gasteiger partial charge in [-0.1, -0.05) is 90.2 Å². The highest BCUT2D eigenvalue weighted by Crippen LogP contribution is 2.15. The van der Waals surface area contributed by atoms with Crippen molar-refractivity contribution in [2.45, 2.75) is 117 Å². The molecule has 24 heavy (non-hydrogen) atoms. The molecule has 0 fully saturated rings. The van der Waals surface area contributed by atoms with E-state index in [-0.39, 0.29) is 11.8 Å². The first-order valence-electron chi connectivity index (χ1n) is 10.7. The van der Waals surface area contributed by atoms with Crippen molar-refractivity contribution in [3.8, 4) is 0 Å². The summed E-state index contributed by atoms with van der Waals surface area (Å²) < 4.78 is 0. The van der Waals surface area contributed by atoms with Gasteiger partial charge in [-0.15, -0.1) is 0 Å². The van der Waals surface area contributed by atoms with Gasteiger partial charge < -0.3 is 5.73 Å². The predicted octanol–water partition coefficient (Wildman–Crippen LogP) is 6.93. The fourth-order valence-electron chi connectivity index (χ4n) is 3.19. The van der Waals surface area contributed by atoms with Crippen LogP contribution in [0.5, 0.6) is 0 Å². The van der Waals surface area contributed by atoms with Gasteiger partial charge in [0.1, 0.15) is 0 Å². The van der Waals surface area contributed by atoms with Crippen molar-refractivity contribution in [2.24, 2.45) is 11.7 Å². The third-order valence-electron chi connectivity index (χ3n) is 4.96. The predicted molar refractivity (Wildman–Crippen MR) is 107 cm³/mol. The van der Waals surface area contributed by atoms with E-state index in [0.717, 1.165) is 19.3 Å². The molecular weight excluding hydrogens is 294 g/mol. The number of primary amides is 1. The molecule has 0 aromatic rings. The van der Waals surface area contributed by atoms with Crippen LogP contribution in [0.2, 0.25) is 0 Å². The lowest BCUT2D eigenvalue weighted by Crippen LogP contribution is -2.22. The van der Waals surface area contributed by atoms with Crippen LogP contribution in [0.1, 0.15) is 117 Å². The van der Waals surface area contributed by atoms with Gasteiger partial charge in [-0.2, -0.15) is 0 Å². The second-order valence-corrected chi connectivity index (χ2v) is 7.23. The van der Waals surface area contributed by atoms with Crippen LogP contribution in [0, 0.1) is 5.92 Å². The number of hydrogen-bond acceptors (Lipinski definition) is 1. The summed E-state index contributed by atoms with van der Waals surface area (Å²) in [5.41, 5.74) is 5.37. The van der Waals surface area contributed by atoms with Crippen molar-refractivity contribution in [1.82, 2.24) is 0 Å². The monoisotopic (exact) mass is 337 g/mol. The molecule has 0 aliphatic rings. The van der Waals surface area contributed by atoms with Crippen molar-refractivity contribution in [3.63, 3.8) is 0 Å². The Hall–Kier alpha value is -0.790. The number of amides is 1. The summed E-state index contributed by atoms with van der Waals surface area (Å²) in [6, 6.07) is 0. The van der Waals surface area contributed by atoms with E-state index in [0.29, 0.717) is 0 Å². The van der Waals surface area contributed by atoms with Crippen molar-refractivity contribution >= 4 is 5.91 Å². The molecular formula is C22H43NO. The first-order valence-corrected chi connectivity index (χ1v) is 10.7.